The molecule has 176 valence electrons. The molecule has 0 aromatic rings. The third kappa shape index (κ3) is 6.11. The second-order valence-corrected chi connectivity index (χ2v) is 11.2. The van der Waals surface area contributed by atoms with Crippen LogP contribution in [0, 0.1) is 0 Å². The number of amides is 2. The minimum atomic E-state index is -1.87. The lowest BCUT2D eigenvalue weighted by atomic mass is 9.91. The SMILES string of the molecule is CCOC(=O)C1=CCC2CN(C(=O)OC(C)(C)C)CC1N2C(=O)OC(C)(C)C(Cl)(Cl)Cl. The van der Waals surface area contributed by atoms with Gasteiger partial charge in [0.1, 0.15) is 5.60 Å². The minimum absolute atomic E-state index is 0.0410. The topological polar surface area (TPSA) is 85.4 Å². The number of rotatable bonds is 3. The number of hydrogen-bond donors (Lipinski definition) is 0. The Morgan fingerprint density at radius 2 is 1.65 bits per heavy atom. The highest BCUT2D eigenvalue weighted by molar-refractivity contribution is 6.68. The lowest BCUT2D eigenvalue weighted by molar-refractivity contribution is -0.140. The van der Waals surface area contributed by atoms with Crippen LogP contribution >= 0.6 is 34.8 Å². The Kier molecular flexibility index (Phi) is 7.71. The van der Waals surface area contributed by atoms with Crippen molar-refractivity contribution in [2.45, 2.75) is 75.0 Å². The number of esters is 1. The maximum Gasteiger partial charge on any atom is 0.411 e. The molecule has 8 nitrogen and oxygen atoms in total. The van der Waals surface area contributed by atoms with Crippen LogP contribution in [0.1, 0.15) is 48.0 Å². The van der Waals surface area contributed by atoms with E-state index in [0.29, 0.717) is 6.42 Å². The number of hydrogen-bond acceptors (Lipinski definition) is 6. The number of halogens is 3. The predicted octanol–water partition coefficient (Wildman–Crippen LogP) is 4.45. The smallest absolute Gasteiger partial charge is 0.411 e. The molecule has 2 atom stereocenters. The first-order valence-electron chi connectivity index (χ1n) is 10.0. The first kappa shape index (κ1) is 25.9. The van der Waals surface area contributed by atoms with E-state index in [0.717, 1.165) is 0 Å². The molecule has 0 saturated carbocycles. The third-order valence-corrected chi connectivity index (χ3v) is 6.29. The van der Waals surface area contributed by atoms with Crippen molar-refractivity contribution in [2.75, 3.05) is 19.7 Å². The van der Waals surface area contributed by atoms with Crippen LogP contribution in [0.2, 0.25) is 0 Å². The lowest BCUT2D eigenvalue weighted by Gasteiger charge is -2.49. The molecule has 2 unspecified atom stereocenters. The van der Waals surface area contributed by atoms with Gasteiger partial charge in [-0.15, -0.1) is 0 Å². The molecule has 2 rings (SSSR count). The molecule has 0 spiro atoms. The monoisotopic (exact) mass is 498 g/mol. The van der Waals surface area contributed by atoms with E-state index in [1.165, 1.54) is 23.6 Å². The number of carbonyl (C=O) groups is 3. The van der Waals surface area contributed by atoms with E-state index in [9.17, 15) is 14.4 Å². The van der Waals surface area contributed by atoms with Crippen molar-refractivity contribution in [3.05, 3.63) is 11.6 Å². The highest BCUT2D eigenvalue weighted by atomic mass is 35.6. The first-order chi connectivity index (χ1) is 14.1. The van der Waals surface area contributed by atoms with Crippen molar-refractivity contribution in [1.82, 2.24) is 9.80 Å². The Morgan fingerprint density at radius 1 is 1.03 bits per heavy atom. The zero-order valence-corrected chi connectivity index (χ0v) is 20.8. The highest BCUT2D eigenvalue weighted by Crippen LogP contribution is 2.41. The highest BCUT2D eigenvalue weighted by Gasteiger charge is 2.50. The fraction of sp³-hybridized carbons (Fsp3) is 0.750. The zero-order valence-electron chi connectivity index (χ0n) is 18.5. The zero-order chi connectivity index (χ0) is 23.8. The number of nitrogens with zero attached hydrogens (tertiary/aromatic N) is 2. The van der Waals surface area contributed by atoms with Gasteiger partial charge in [-0.25, -0.2) is 14.4 Å². The van der Waals surface area contributed by atoms with Crippen molar-refractivity contribution in [1.29, 1.82) is 0 Å². The molecule has 0 N–H and O–H groups in total. The quantitative estimate of drug-likeness (QED) is 0.324. The Bertz CT molecular complexity index is 757. The molecule has 0 aromatic heterocycles. The largest absolute Gasteiger partial charge is 0.463 e. The van der Waals surface area contributed by atoms with E-state index < -0.39 is 45.2 Å². The van der Waals surface area contributed by atoms with Crippen LogP contribution < -0.4 is 0 Å². The Hall–Kier alpha value is -1.38. The molecule has 0 aliphatic carbocycles. The molecule has 2 heterocycles. The van der Waals surface area contributed by atoms with Gasteiger partial charge in [0.25, 0.3) is 0 Å². The van der Waals surface area contributed by atoms with Gasteiger partial charge in [-0.3, -0.25) is 4.90 Å². The average molecular weight is 500 g/mol. The predicted molar refractivity (Wildman–Crippen MR) is 117 cm³/mol. The number of carbonyl (C=O) groups excluding carboxylic acids is 3. The van der Waals surface area contributed by atoms with Gasteiger partial charge in [0, 0.05) is 13.1 Å². The number of piperazine rings is 1. The summed E-state index contributed by atoms with van der Waals surface area (Å²) in [6.45, 7) is 10.4. The summed E-state index contributed by atoms with van der Waals surface area (Å²) in [4.78, 5) is 41.2. The molecule has 0 aromatic carbocycles. The van der Waals surface area contributed by atoms with E-state index in [1.807, 2.05) is 0 Å². The van der Waals surface area contributed by atoms with Crippen molar-refractivity contribution >= 4 is 53.0 Å². The van der Waals surface area contributed by atoms with Crippen LogP contribution in [0.15, 0.2) is 11.6 Å². The summed E-state index contributed by atoms with van der Waals surface area (Å²) < 4.78 is 14.3. The number of fused-ring (bicyclic) bond motifs is 2. The van der Waals surface area contributed by atoms with Crippen molar-refractivity contribution in [3.8, 4) is 0 Å². The van der Waals surface area contributed by atoms with E-state index in [2.05, 4.69) is 0 Å². The Morgan fingerprint density at radius 3 is 2.16 bits per heavy atom. The number of ether oxygens (including phenoxy) is 3. The number of alkyl halides is 3. The van der Waals surface area contributed by atoms with Gasteiger partial charge in [-0.05, 0) is 48.0 Å². The molecule has 1 fully saturated rings. The second-order valence-electron chi connectivity index (χ2n) is 8.95. The van der Waals surface area contributed by atoms with E-state index >= 15 is 0 Å². The maximum absolute atomic E-state index is 13.1. The second kappa shape index (κ2) is 9.24. The van der Waals surface area contributed by atoms with Crippen LogP contribution in [0.3, 0.4) is 0 Å². The lowest BCUT2D eigenvalue weighted by Crippen LogP contribution is -2.65. The van der Waals surface area contributed by atoms with Gasteiger partial charge in [-0.1, -0.05) is 40.9 Å². The van der Waals surface area contributed by atoms with Gasteiger partial charge >= 0.3 is 18.2 Å². The molecule has 0 radical (unpaired) electrons. The van der Waals surface area contributed by atoms with Crippen LogP contribution in [0.25, 0.3) is 0 Å². The van der Waals surface area contributed by atoms with Crippen molar-refractivity contribution in [3.63, 3.8) is 0 Å². The van der Waals surface area contributed by atoms with Crippen LogP contribution in [-0.2, 0) is 19.0 Å². The summed E-state index contributed by atoms with van der Waals surface area (Å²) in [5.74, 6) is -0.560. The standard InChI is InChI=1S/C20H29Cl3N2O6/c1-7-29-15(26)13-9-8-12-10-24(16(27)30-18(2,3)4)11-14(13)25(12)17(28)31-19(5,6)20(21,22)23/h9,12,14H,7-8,10-11H2,1-6H3. The van der Waals surface area contributed by atoms with Crippen LogP contribution in [0.5, 0.6) is 0 Å². The summed E-state index contributed by atoms with van der Waals surface area (Å²) in [5.41, 5.74) is -1.84. The molecule has 11 heteroatoms. The van der Waals surface area contributed by atoms with E-state index in [4.69, 9.17) is 49.0 Å². The summed E-state index contributed by atoms with van der Waals surface area (Å²) >= 11 is 17.9. The van der Waals surface area contributed by atoms with Crippen molar-refractivity contribution in [2.24, 2.45) is 0 Å². The fourth-order valence-corrected chi connectivity index (χ4v) is 3.43. The van der Waals surface area contributed by atoms with Gasteiger partial charge in [0.2, 0.25) is 3.79 Å². The summed E-state index contributed by atoms with van der Waals surface area (Å²) in [5, 5.41) is 0. The van der Waals surface area contributed by atoms with Crippen LogP contribution in [0.4, 0.5) is 9.59 Å². The van der Waals surface area contributed by atoms with E-state index in [-0.39, 0.29) is 25.3 Å². The molecular weight excluding hydrogens is 471 g/mol. The van der Waals surface area contributed by atoms with Gasteiger partial charge in [0.05, 0.1) is 24.3 Å². The normalized spacial score (nSPS) is 21.9. The summed E-state index contributed by atoms with van der Waals surface area (Å²) in [7, 11) is 0. The molecule has 2 amide bonds. The molecular formula is C20H29Cl3N2O6. The third-order valence-electron chi connectivity index (χ3n) is 4.92. The summed E-state index contributed by atoms with van der Waals surface area (Å²) in [6, 6.07) is -1.22. The molecule has 1 saturated heterocycles. The Labute approximate surface area is 197 Å². The van der Waals surface area contributed by atoms with E-state index in [1.54, 1.807) is 33.8 Å². The molecule has 2 aliphatic rings. The molecule has 2 aliphatic heterocycles. The van der Waals surface area contributed by atoms with Crippen LogP contribution in [-0.4, -0.2) is 74.7 Å². The summed E-state index contributed by atoms with van der Waals surface area (Å²) in [6.07, 6.45) is 0.795. The molecule has 2 bridgehead atoms. The van der Waals surface area contributed by atoms with Gasteiger partial charge < -0.3 is 19.1 Å². The minimum Gasteiger partial charge on any atom is -0.463 e. The molecule has 31 heavy (non-hydrogen) atoms. The first-order valence-corrected chi connectivity index (χ1v) is 11.1. The average Bonchev–Trinajstić information content (AvgIpc) is 2.58. The van der Waals surface area contributed by atoms with Gasteiger partial charge in [-0.2, -0.15) is 0 Å². The van der Waals surface area contributed by atoms with Gasteiger partial charge in [0.15, 0.2) is 5.60 Å². The fourth-order valence-electron chi connectivity index (χ4n) is 3.32. The maximum atomic E-state index is 13.1. The van der Waals surface area contributed by atoms with Crippen molar-refractivity contribution < 1.29 is 28.6 Å². The Balaban J connectivity index is 2.33.